The van der Waals surface area contributed by atoms with Crippen LogP contribution < -0.4 is 0 Å². The minimum atomic E-state index is 0.608. The molecular weight excluding hydrogens is 719 g/mol. The van der Waals surface area contributed by atoms with E-state index in [1.165, 1.54) is 54.2 Å². The number of hydrogen-bond donors (Lipinski definition) is 0. The van der Waals surface area contributed by atoms with Crippen LogP contribution in [0.3, 0.4) is 0 Å². The molecular formula is C55H33N3O. The first kappa shape index (κ1) is 33.2. The average molecular weight is 752 g/mol. The quantitative estimate of drug-likeness (QED) is 0.164. The topological polar surface area (TPSA) is 51.8 Å². The highest BCUT2D eigenvalue weighted by Gasteiger charge is 2.17. The van der Waals surface area contributed by atoms with E-state index in [-0.39, 0.29) is 0 Å². The van der Waals surface area contributed by atoms with Crippen LogP contribution >= 0.6 is 0 Å². The molecule has 0 amide bonds. The number of fused-ring (bicyclic) bond motifs is 11. The van der Waals surface area contributed by atoms with Crippen molar-refractivity contribution in [1.82, 2.24) is 15.0 Å². The summed E-state index contributed by atoms with van der Waals surface area (Å²) in [4.78, 5) is 15.2. The van der Waals surface area contributed by atoms with E-state index < -0.39 is 0 Å². The summed E-state index contributed by atoms with van der Waals surface area (Å²) in [6, 6.07) is 70.7. The second-order valence-electron chi connectivity index (χ2n) is 15.1. The van der Waals surface area contributed by atoms with Crippen LogP contribution in [0.25, 0.3) is 121 Å². The van der Waals surface area contributed by atoms with Gasteiger partial charge in [0, 0.05) is 27.5 Å². The van der Waals surface area contributed by atoms with Gasteiger partial charge >= 0.3 is 0 Å². The molecule has 0 radical (unpaired) electrons. The Hall–Kier alpha value is -7.95. The van der Waals surface area contributed by atoms with Gasteiger partial charge in [-0.1, -0.05) is 158 Å². The lowest BCUT2D eigenvalue weighted by Gasteiger charge is -2.16. The third-order valence-corrected chi connectivity index (χ3v) is 11.7. The molecule has 0 aliphatic heterocycles. The largest absolute Gasteiger partial charge is 0.456 e. The van der Waals surface area contributed by atoms with Crippen LogP contribution in [-0.4, -0.2) is 15.0 Å². The second-order valence-corrected chi connectivity index (χ2v) is 15.1. The van der Waals surface area contributed by atoms with Crippen LogP contribution in [0.2, 0.25) is 0 Å². The van der Waals surface area contributed by atoms with Crippen molar-refractivity contribution in [2.45, 2.75) is 0 Å². The highest BCUT2D eigenvalue weighted by Crippen LogP contribution is 2.43. The number of aromatic nitrogens is 3. The third-order valence-electron chi connectivity index (χ3n) is 11.7. The summed E-state index contributed by atoms with van der Waals surface area (Å²) in [6.45, 7) is 0. The molecule has 0 saturated carbocycles. The average Bonchev–Trinajstić information content (AvgIpc) is 3.69. The van der Waals surface area contributed by atoms with Gasteiger partial charge in [-0.25, -0.2) is 15.0 Å². The van der Waals surface area contributed by atoms with Gasteiger partial charge in [-0.2, -0.15) is 0 Å². The monoisotopic (exact) mass is 751 g/mol. The second kappa shape index (κ2) is 13.3. The van der Waals surface area contributed by atoms with Crippen molar-refractivity contribution in [3.63, 3.8) is 0 Å². The molecule has 0 aliphatic carbocycles. The van der Waals surface area contributed by atoms with E-state index in [0.717, 1.165) is 49.8 Å². The Morgan fingerprint density at radius 1 is 0.254 bits per heavy atom. The summed E-state index contributed by atoms with van der Waals surface area (Å²) in [5.74, 6) is 1.85. The molecule has 12 rings (SSSR count). The number of furan rings is 1. The lowest BCUT2D eigenvalue weighted by molar-refractivity contribution is 0.669. The molecule has 274 valence electrons. The van der Waals surface area contributed by atoms with Gasteiger partial charge in [0.2, 0.25) is 0 Å². The fourth-order valence-corrected chi connectivity index (χ4v) is 8.93. The van der Waals surface area contributed by atoms with Gasteiger partial charge < -0.3 is 4.42 Å². The summed E-state index contributed by atoms with van der Waals surface area (Å²) in [5.41, 5.74) is 9.02. The zero-order valence-corrected chi connectivity index (χ0v) is 31.8. The molecule has 2 heterocycles. The standard InChI is InChI=1S/C55H33N3O/c1-2-14-34(15-3-1)53-56-54(58-55(57-53)39-28-29-51-48(32-39)44-24-10-11-27-50(44)59-51)38-19-13-17-36(31-38)35-16-12-18-37(30-35)47-33-49-42-22-5-4-20-40(42)41-21-6-8-25-45(41)52(49)46-26-9-7-23-43(46)47/h1-33H. The molecule has 0 saturated heterocycles. The first-order valence-corrected chi connectivity index (χ1v) is 19.9. The molecule has 0 N–H and O–H groups in total. The molecule has 0 aliphatic rings. The number of nitrogens with zero attached hydrogens (tertiary/aromatic N) is 3. The van der Waals surface area contributed by atoms with Gasteiger partial charge in [0.1, 0.15) is 11.2 Å². The van der Waals surface area contributed by atoms with Crippen LogP contribution in [0.15, 0.2) is 205 Å². The maximum Gasteiger partial charge on any atom is 0.164 e. The zero-order valence-electron chi connectivity index (χ0n) is 31.8. The Bertz CT molecular complexity index is 3620. The Labute approximate surface area is 339 Å². The molecule has 0 bridgehead atoms. The predicted molar refractivity (Wildman–Crippen MR) is 244 cm³/mol. The lowest BCUT2D eigenvalue weighted by Crippen LogP contribution is -2.00. The highest BCUT2D eigenvalue weighted by atomic mass is 16.3. The fraction of sp³-hybridized carbons (Fsp3) is 0. The summed E-state index contributed by atoms with van der Waals surface area (Å²) >= 11 is 0. The van der Waals surface area contributed by atoms with Gasteiger partial charge in [0.25, 0.3) is 0 Å². The molecule has 0 unspecified atom stereocenters. The first-order chi connectivity index (χ1) is 29.2. The molecule has 10 aromatic carbocycles. The van der Waals surface area contributed by atoms with Crippen molar-refractivity contribution in [2.24, 2.45) is 0 Å². The van der Waals surface area contributed by atoms with E-state index in [4.69, 9.17) is 19.4 Å². The maximum absolute atomic E-state index is 6.14. The van der Waals surface area contributed by atoms with E-state index in [2.05, 4.69) is 140 Å². The molecule has 0 fully saturated rings. The van der Waals surface area contributed by atoms with Crippen LogP contribution in [0.1, 0.15) is 0 Å². The van der Waals surface area contributed by atoms with E-state index in [9.17, 15) is 0 Å². The van der Waals surface area contributed by atoms with Crippen LogP contribution in [0, 0.1) is 0 Å². The normalized spacial score (nSPS) is 11.7. The number of benzene rings is 10. The van der Waals surface area contributed by atoms with E-state index in [0.29, 0.717) is 17.5 Å². The number of hydrogen-bond acceptors (Lipinski definition) is 4. The Kier molecular flexibility index (Phi) is 7.50. The number of para-hydroxylation sites is 1. The predicted octanol–water partition coefficient (Wildman–Crippen LogP) is 14.7. The van der Waals surface area contributed by atoms with Gasteiger partial charge in [-0.3, -0.25) is 0 Å². The van der Waals surface area contributed by atoms with E-state index in [1.807, 2.05) is 60.7 Å². The molecule has 2 aromatic heterocycles. The molecule has 4 heteroatoms. The smallest absolute Gasteiger partial charge is 0.164 e. The summed E-state index contributed by atoms with van der Waals surface area (Å²) in [7, 11) is 0. The minimum Gasteiger partial charge on any atom is -0.456 e. The van der Waals surface area contributed by atoms with E-state index in [1.54, 1.807) is 0 Å². The number of rotatable bonds is 5. The van der Waals surface area contributed by atoms with Gasteiger partial charge in [0.05, 0.1) is 0 Å². The van der Waals surface area contributed by atoms with Gasteiger partial charge in [-0.15, -0.1) is 0 Å². The van der Waals surface area contributed by atoms with Crippen LogP contribution in [-0.2, 0) is 0 Å². The minimum absolute atomic E-state index is 0.608. The van der Waals surface area contributed by atoms with Crippen molar-refractivity contribution in [2.75, 3.05) is 0 Å². The highest BCUT2D eigenvalue weighted by molar-refractivity contribution is 6.33. The third kappa shape index (κ3) is 5.49. The van der Waals surface area contributed by atoms with Crippen molar-refractivity contribution >= 4 is 65.0 Å². The summed E-state index contributed by atoms with van der Waals surface area (Å²) < 4.78 is 6.14. The summed E-state index contributed by atoms with van der Waals surface area (Å²) in [5, 5.41) is 12.3. The zero-order chi connectivity index (χ0) is 38.9. The molecule has 0 spiro atoms. The molecule has 12 aromatic rings. The van der Waals surface area contributed by atoms with Crippen LogP contribution in [0.5, 0.6) is 0 Å². The Morgan fingerprint density at radius 2 is 0.712 bits per heavy atom. The Morgan fingerprint density at radius 3 is 1.42 bits per heavy atom. The Balaban J connectivity index is 1.00. The van der Waals surface area contributed by atoms with Crippen LogP contribution in [0.4, 0.5) is 0 Å². The fourth-order valence-electron chi connectivity index (χ4n) is 8.93. The van der Waals surface area contributed by atoms with Crippen molar-refractivity contribution < 1.29 is 4.42 Å². The summed E-state index contributed by atoms with van der Waals surface area (Å²) in [6.07, 6.45) is 0. The van der Waals surface area contributed by atoms with Gasteiger partial charge in [-0.05, 0) is 108 Å². The first-order valence-electron chi connectivity index (χ1n) is 19.9. The van der Waals surface area contributed by atoms with Crippen molar-refractivity contribution in [3.05, 3.63) is 200 Å². The maximum atomic E-state index is 6.14. The van der Waals surface area contributed by atoms with Crippen molar-refractivity contribution in [3.8, 4) is 56.4 Å². The molecule has 4 nitrogen and oxygen atoms in total. The van der Waals surface area contributed by atoms with Crippen molar-refractivity contribution in [1.29, 1.82) is 0 Å². The lowest BCUT2D eigenvalue weighted by atomic mass is 9.87. The molecule has 0 atom stereocenters. The molecule has 59 heavy (non-hydrogen) atoms. The SMILES string of the molecule is c1ccc(-c2nc(-c3cccc(-c4cccc(-c5cc6c7ccccc7c7ccccc7c6c6ccccc56)c4)c3)nc(-c3ccc4oc5ccccc5c4c3)n2)cc1. The van der Waals surface area contributed by atoms with E-state index >= 15 is 0 Å². The van der Waals surface area contributed by atoms with Gasteiger partial charge in [0.15, 0.2) is 17.5 Å².